The molecule has 0 aromatic heterocycles. The third kappa shape index (κ3) is 10.3. The molecule has 44 heavy (non-hydrogen) atoms. The summed E-state index contributed by atoms with van der Waals surface area (Å²) in [7, 11) is 0. The fourth-order valence-corrected chi connectivity index (χ4v) is 4.74. The Kier molecular flexibility index (Phi) is 14.3. The van der Waals surface area contributed by atoms with Crippen molar-refractivity contribution < 1.29 is 23.3 Å². The van der Waals surface area contributed by atoms with Crippen LogP contribution in [0.2, 0.25) is 0 Å². The summed E-state index contributed by atoms with van der Waals surface area (Å²) >= 11 is 1.36. The summed E-state index contributed by atoms with van der Waals surface area (Å²) < 4.78 is 0. The number of allylic oxidation sites excluding steroid dienone is 4. The van der Waals surface area contributed by atoms with Crippen molar-refractivity contribution in [3.8, 4) is 33.4 Å². The number of benzene rings is 6. The van der Waals surface area contributed by atoms with E-state index >= 15 is 0 Å². The summed E-state index contributed by atoms with van der Waals surface area (Å²) in [6, 6.07) is 61.0. The molecule has 0 atom stereocenters. The monoisotopic (exact) mass is 654 g/mol. The van der Waals surface area contributed by atoms with Crippen molar-refractivity contribution in [1.29, 1.82) is 0 Å². The SMILES string of the molecule is [C-]1=CC=CC1.[Si]=[Zr].[c-]1c(-c2ccccc2)ccc2c1Cc1cc(-c3ccccc3)ccc1-2.[c-]1ccccc1.[c-]1ccccc1. The molecule has 212 valence electrons. The molecule has 0 spiro atoms. The van der Waals surface area contributed by atoms with Crippen LogP contribution in [0.1, 0.15) is 17.5 Å². The number of rotatable bonds is 2. The van der Waals surface area contributed by atoms with Crippen molar-refractivity contribution in [2.75, 3.05) is 0 Å². The summed E-state index contributed by atoms with van der Waals surface area (Å²) in [6.07, 6.45) is 11.0. The molecule has 8 rings (SSSR count). The molecule has 2 aliphatic rings. The van der Waals surface area contributed by atoms with E-state index in [2.05, 4.69) is 128 Å². The van der Waals surface area contributed by atoms with Gasteiger partial charge in [-0.3, -0.25) is 6.08 Å². The fraction of sp³-hybridized carbons (Fsp3) is 0.0476. The van der Waals surface area contributed by atoms with Crippen LogP contribution in [0.15, 0.2) is 170 Å². The summed E-state index contributed by atoms with van der Waals surface area (Å²) in [5.74, 6) is 0. The largest absolute Gasteiger partial charge is 0.184 e. The normalized spacial score (nSPS) is 11.0. The Morgan fingerprint density at radius 3 is 1.59 bits per heavy atom. The van der Waals surface area contributed by atoms with E-state index in [0.29, 0.717) is 0 Å². The van der Waals surface area contributed by atoms with E-state index in [0.717, 1.165) is 12.8 Å². The Morgan fingerprint density at radius 2 is 1.11 bits per heavy atom. The summed E-state index contributed by atoms with van der Waals surface area (Å²) in [5.41, 5.74) is 10.4. The van der Waals surface area contributed by atoms with Crippen LogP contribution in [-0.2, 0) is 29.8 Å². The van der Waals surface area contributed by atoms with Crippen molar-refractivity contribution in [3.63, 3.8) is 0 Å². The first-order valence-electron chi connectivity index (χ1n) is 14.5. The Balaban J connectivity index is 0.000000187. The van der Waals surface area contributed by atoms with E-state index < -0.39 is 0 Å². The van der Waals surface area contributed by atoms with Gasteiger partial charge in [-0.15, -0.1) is 35.7 Å². The molecule has 0 amide bonds. The van der Waals surface area contributed by atoms with E-state index in [4.69, 9.17) is 0 Å². The van der Waals surface area contributed by atoms with Crippen molar-refractivity contribution in [1.82, 2.24) is 0 Å². The van der Waals surface area contributed by atoms with Crippen LogP contribution in [0.3, 0.4) is 0 Å². The second-order valence-corrected chi connectivity index (χ2v) is 9.70. The zero-order chi connectivity index (χ0) is 30.7. The van der Waals surface area contributed by atoms with Crippen LogP contribution < -0.4 is 0 Å². The van der Waals surface area contributed by atoms with Gasteiger partial charge in [0.25, 0.3) is 0 Å². The molecule has 0 bridgehead atoms. The predicted octanol–water partition coefficient (Wildman–Crippen LogP) is 10.3. The van der Waals surface area contributed by atoms with Crippen molar-refractivity contribution in [2.24, 2.45) is 0 Å². The van der Waals surface area contributed by atoms with Gasteiger partial charge < -0.3 is 0 Å². The van der Waals surface area contributed by atoms with E-state index in [-0.39, 0.29) is 0 Å². The maximum absolute atomic E-state index is 3.65. The fourth-order valence-electron chi connectivity index (χ4n) is 4.74. The Morgan fingerprint density at radius 1 is 0.545 bits per heavy atom. The van der Waals surface area contributed by atoms with E-state index in [1.807, 2.05) is 72.8 Å². The molecule has 0 saturated heterocycles. The second-order valence-electron chi connectivity index (χ2n) is 9.70. The minimum Gasteiger partial charge on any atom is -0.184 e. The first kappa shape index (κ1) is 32.8. The first-order chi connectivity index (χ1) is 21.9. The molecule has 0 N–H and O–H groups in total. The number of fused-ring (bicyclic) bond motifs is 3. The van der Waals surface area contributed by atoms with Gasteiger partial charge in [0.1, 0.15) is 0 Å². The third-order valence-corrected chi connectivity index (χ3v) is 6.78. The van der Waals surface area contributed by atoms with Crippen LogP contribution in [0.25, 0.3) is 33.4 Å². The molecule has 2 heteroatoms. The summed E-state index contributed by atoms with van der Waals surface area (Å²) in [4.78, 5) is 0. The zero-order valence-electron chi connectivity index (χ0n) is 24.6. The number of hydrogen-bond acceptors (Lipinski definition) is 0. The van der Waals surface area contributed by atoms with Gasteiger partial charge in [-0.05, 0) is 23.1 Å². The van der Waals surface area contributed by atoms with Gasteiger partial charge in [0.05, 0.1) is 0 Å². The van der Waals surface area contributed by atoms with Gasteiger partial charge in [0, 0.05) is 0 Å². The molecule has 0 aliphatic heterocycles. The van der Waals surface area contributed by atoms with E-state index in [9.17, 15) is 0 Å². The van der Waals surface area contributed by atoms with Gasteiger partial charge in [-0.2, -0.15) is 78.9 Å². The molecular weight excluding hydrogens is 624 g/mol. The standard InChI is InChI=1S/C25H17.2C6H5.C5H5.Si.Zr/c1-3-7-18(8-4-1)20-11-13-24-22(15-20)17-23-16-21(12-14-25(23)24)19-9-5-2-6-10-19;2*1-2-4-6-5-3-1;1-2-4-5-3-1;;/h1-15H,17H2;2*1-5H;1-3H,4H2;;/q4*-1;;. The molecule has 0 saturated carbocycles. The predicted molar refractivity (Wildman–Crippen MR) is 182 cm³/mol. The minimum atomic E-state index is 0.964. The average molecular weight is 656 g/mol. The van der Waals surface area contributed by atoms with Gasteiger partial charge in [-0.1, -0.05) is 95.6 Å². The molecule has 0 heterocycles. The Labute approximate surface area is 280 Å². The third-order valence-electron chi connectivity index (χ3n) is 6.78. The van der Waals surface area contributed by atoms with Crippen molar-refractivity contribution in [3.05, 3.63) is 205 Å². The van der Waals surface area contributed by atoms with Crippen LogP contribution in [-0.4, -0.2) is 6.88 Å². The molecule has 0 unspecified atom stereocenters. The topological polar surface area (TPSA) is 0 Å². The zero-order valence-corrected chi connectivity index (χ0v) is 28.0. The Hall–Kier alpha value is -4.10. The van der Waals surface area contributed by atoms with Crippen LogP contribution in [0, 0.1) is 24.3 Å². The van der Waals surface area contributed by atoms with Crippen LogP contribution in [0.5, 0.6) is 0 Å². The summed E-state index contributed by atoms with van der Waals surface area (Å²) in [6.45, 7) is 3.06. The van der Waals surface area contributed by atoms with E-state index in [1.54, 1.807) is 0 Å². The smallest absolute Gasteiger partial charge is 0.0181 e. The van der Waals surface area contributed by atoms with Gasteiger partial charge in [0.15, 0.2) is 0 Å². The maximum atomic E-state index is 3.65. The average Bonchev–Trinajstić information content (AvgIpc) is 3.84. The maximum Gasteiger partial charge on any atom is -0.0181 e. The van der Waals surface area contributed by atoms with E-state index in [1.165, 1.54) is 67.8 Å². The van der Waals surface area contributed by atoms with Crippen LogP contribution >= 0.6 is 0 Å². The molecule has 6 aromatic rings. The molecular formula is C42H32SiZr-4. The minimum absolute atomic E-state index is 0.964. The molecule has 6 aromatic carbocycles. The molecule has 0 fully saturated rings. The second kappa shape index (κ2) is 19.2. The van der Waals surface area contributed by atoms with Gasteiger partial charge in [-0.25, -0.2) is 12.2 Å². The number of hydrogen-bond donors (Lipinski definition) is 0. The van der Waals surface area contributed by atoms with Crippen molar-refractivity contribution >= 4 is 6.88 Å². The van der Waals surface area contributed by atoms with Gasteiger partial charge >= 0.3 is 30.2 Å². The molecule has 0 nitrogen and oxygen atoms in total. The van der Waals surface area contributed by atoms with Crippen molar-refractivity contribution in [2.45, 2.75) is 12.8 Å². The summed E-state index contributed by atoms with van der Waals surface area (Å²) in [5, 5.41) is 0. The van der Waals surface area contributed by atoms with Crippen LogP contribution in [0.4, 0.5) is 0 Å². The molecule has 2 radical (unpaired) electrons. The van der Waals surface area contributed by atoms with Gasteiger partial charge in [0.2, 0.25) is 0 Å². The first-order valence-corrected chi connectivity index (χ1v) is 18.7. The molecule has 2 aliphatic carbocycles. The Bertz CT molecular complexity index is 1530. The quantitative estimate of drug-likeness (QED) is 0.128.